The fraction of sp³-hybridized carbons (Fsp3) is 0.526. The summed E-state index contributed by atoms with van der Waals surface area (Å²) in [5.41, 5.74) is 5.18. The number of amides is 3. The summed E-state index contributed by atoms with van der Waals surface area (Å²) in [6, 6.07) is 9.24. The Morgan fingerprint density at radius 2 is 1.72 bits per heavy atom. The smallest absolute Gasteiger partial charge is 0.253 e. The summed E-state index contributed by atoms with van der Waals surface area (Å²) in [5, 5.41) is 0. The SMILES string of the molecule is NC(=O)C1(C(=O)N2C[C@H]3CC[C@@H]2CN(C(=O)c2ccccc2)C3)CC1. The Kier molecular flexibility index (Phi) is 3.78. The molecule has 0 spiro atoms. The summed E-state index contributed by atoms with van der Waals surface area (Å²) in [5.74, 6) is -0.347. The molecule has 5 rings (SSSR count). The van der Waals surface area contributed by atoms with Crippen molar-refractivity contribution in [2.45, 2.75) is 31.7 Å². The fourth-order valence-corrected chi connectivity index (χ4v) is 4.23. The molecule has 2 atom stereocenters. The molecule has 4 aliphatic rings. The van der Waals surface area contributed by atoms with E-state index in [1.54, 1.807) is 0 Å². The van der Waals surface area contributed by atoms with Crippen molar-refractivity contribution in [3.8, 4) is 0 Å². The van der Waals surface area contributed by atoms with Crippen LogP contribution in [0.15, 0.2) is 30.3 Å². The minimum Gasteiger partial charge on any atom is -0.369 e. The molecular weight excluding hydrogens is 318 g/mol. The maximum Gasteiger partial charge on any atom is 0.253 e. The maximum atomic E-state index is 12.9. The number of benzene rings is 1. The summed E-state index contributed by atoms with van der Waals surface area (Å²) in [6.07, 6.45) is 3.00. The molecule has 132 valence electrons. The van der Waals surface area contributed by atoms with Crippen LogP contribution in [0.4, 0.5) is 0 Å². The van der Waals surface area contributed by atoms with Crippen molar-refractivity contribution in [2.75, 3.05) is 19.6 Å². The molecule has 3 aliphatic heterocycles. The van der Waals surface area contributed by atoms with Gasteiger partial charge in [-0.1, -0.05) is 18.2 Å². The first-order chi connectivity index (χ1) is 12.0. The lowest BCUT2D eigenvalue weighted by Crippen LogP contribution is -2.52. The van der Waals surface area contributed by atoms with E-state index in [2.05, 4.69) is 0 Å². The Morgan fingerprint density at radius 3 is 2.36 bits per heavy atom. The Hall–Kier alpha value is -2.37. The van der Waals surface area contributed by atoms with E-state index in [4.69, 9.17) is 5.73 Å². The normalized spacial score (nSPS) is 26.9. The Balaban J connectivity index is 1.54. The second-order valence-corrected chi connectivity index (χ2v) is 7.58. The van der Waals surface area contributed by atoms with Crippen molar-refractivity contribution in [3.63, 3.8) is 0 Å². The van der Waals surface area contributed by atoms with Crippen LogP contribution in [0.2, 0.25) is 0 Å². The van der Waals surface area contributed by atoms with Crippen molar-refractivity contribution in [1.82, 2.24) is 9.80 Å². The van der Waals surface area contributed by atoms with Crippen LogP contribution < -0.4 is 5.73 Å². The molecule has 1 saturated carbocycles. The molecule has 1 aromatic carbocycles. The highest BCUT2D eigenvalue weighted by Crippen LogP contribution is 2.48. The van der Waals surface area contributed by atoms with Gasteiger partial charge in [0.1, 0.15) is 5.41 Å². The summed E-state index contributed by atoms with van der Waals surface area (Å²) >= 11 is 0. The van der Waals surface area contributed by atoms with Gasteiger partial charge in [0.2, 0.25) is 11.8 Å². The lowest BCUT2D eigenvalue weighted by molar-refractivity contribution is -0.146. The first-order valence-electron chi connectivity index (χ1n) is 8.96. The van der Waals surface area contributed by atoms with E-state index in [0.29, 0.717) is 38.0 Å². The molecule has 6 heteroatoms. The van der Waals surface area contributed by atoms with Crippen LogP contribution in [-0.4, -0.2) is 53.2 Å². The van der Waals surface area contributed by atoms with Gasteiger partial charge in [-0.05, 0) is 43.7 Å². The fourth-order valence-electron chi connectivity index (χ4n) is 4.23. The van der Waals surface area contributed by atoms with Crippen molar-refractivity contribution in [1.29, 1.82) is 0 Å². The minimum atomic E-state index is -0.973. The lowest BCUT2D eigenvalue weighted by atomic mass is 9.92. The summed E-state index contributed by atoms with van der Waals surface area (Å²) in [7, 11) is 0. The first-order valence-corrected chi connectivity index (χ1v) is 8.96. The highest BCUT2D eigenvalue weighted by atomic mass is 16.2. The quantitative estimate of drug-likeness (QED) is 0.833. The Bertz CT molecular complexity index is 714. The van der Waals surface area contributed by atoms with Gasteiger partial charge in [0.25, 0.3) is 5.91 Å². The first kappa shape index (κ1) is 16.1. The number of rotatable bonds is 3. The van der Waals surface area contributed by atoms with Crippen molar-refractivity contribution < 1.29 is 14.4 Å². The predicted molar refractivity (Wildman–Crippen MR) is 91.4 cm³/mol. The largest absolute Gasteiger partial charge is 0.369 e. The van der Waals surface area contributed by atoms with Crippen LogP contribution in [0.1, 0.15) is 36.0 Å². The molecule has 3 amide bonds. The molecule has 1 aliphatic carbocycles. The standard InChI is InChI=1S/C19H23N3O3/c20-17(24)19(8-9-19)18(25)22-11-13-6-7-15(22)12-21(10-13)16(23)14-4-2-1-3-5-14/h1-5,13,15H,6-12H2,(H2,20,24)/t13-,15+/m0/s1. The van der Waals surface area contributed by atoms with Crippen LogP contribution in [0.5, 0.6) is 0 Å². The van der Waals surface area contributed by atoms with Crippen LogP contribution >= 0.6 is 0 Å². The molecule has 25 heavy (non-hydrogen) atoms. The van der Waals surface area contributed by atoms with Crippen molar-refractivity contribution >= 4 is 17.7 Å². The number of carbonyl (C=O) groups is 3. The van der Waals surface area contributed by atoms with E-state index >= 15 is 0 Å². The number of fused-ring (bicyclic) bond motifs is 4. The zero-order valence-electron chi connectivity index (χ0n) is 14.2. The zero-order valence-corrected chi connectivity index (χ0v) is 14.2. The molecule has 6 nitrogen and oxygen atoms in total. The predicted octanol–water partition coefficient (Wildman–Crippen LogP) is 1.02. The molecule has 2 bridgehead atoms. The lowest BCUT2D eigenvalue weighted by Gasteiger charge is -2.37. The van der Waals surface area contributed by atoms with Crippen molar-refractivity contribution in [2.24, 2.45) is 17.1 Å². The molecule has 1 aromatic rings. The highest BCUT2D eigenvalue weighted by molar-refractivity contribution is 6.07. The van der Waals surface area contributed by atoms with Crippen LogP contribution in [0.3, 0.4) is 0 Å². The third-order valence-corrected chi connectivity index (χ3v) is 5.91. The average molecular weight is 341 g/mol. The molecule has 0 aromatic heterocycles. The number of carbonyl (C=O) groups excluding carboxylic acids is 3. The highest BCUT2D eigenvalue weighted by Gasteiger charge is 2.58. The number of nitrogens with zero attached hydrogens (tertiary/aromatic N) is 2. The van der Waals surface area contributed by atoms with Gasteiger partial charge < -0.3 is 15.5 Å². The second-order valence-electron chi connectivity index (χ2n) is 7.58. The zero-order chi connectivity index (χ0) is 17.6. The van der Waals surface area contributed by atoms with E-state index < -0.39 is 11.3 Å². The van der Waals surface area contributed by atoms with Gasteiger partial charge in [-0.3, -0.25) is 14.4 Å². The molecular formula is C19H23N3O3. The topological polar surface area (TPSA) is 83.7 Å². The summed E-state index contributed by atoms with van der Waals surface area (Å²) in [4.78, 5) is 41.2. The average Bonchev–Trinajstić information content (AvgIpc) is 3.46. The Morgan fingerprint density at radius 1 is 1.00 bits per heavy atom. The van der Waals surface area contributed by atoms with Crippen LogP contribution in [0, 0.1) is 11.3 Å². The van der Waals surface area contributed by atoms with Gasteiger partial charge in [0, 0.05) is 31.2 Å². The van der Waals surface area contributed by atoms with Gasteiger partial charge >= 0.3 is 0 Å². The van der Waals surface area contributed by atoms with Gasteiger partial charge in [-0.2, -0.15) is 0 Å². The van der Waals surface area contributed by atoms with Gasteiger partial charge in [0.05, 0.1) is 0 Å². The molecule has 3 heterocycles. The number of hydrogen-bond acceptors (Lipinski definition) is 3. The molecule has 0 unspecified atom stereocenters. The number of nitrogens with two attached hydrogens (primary N) is 1. The van der Waals surface area contributed by atoms with E-state index in [-0.39, 0.29) is 23.8 Å². The van der Waals surface area contributed by atoms with Crippen LogP contribution in [0.25, 0.3) is 0 Å². The monoisotopic (exact) mass is 341 g/mol. The van der Waals surface area contributed by atoms with E-state index in [9.17, 15) is 14.4 Å². The Labute approximate surface area is 147 Å². The third kappa shape index (κ3) is 2.69. The van der Waals surface area contributed by atoms with Gasteiger partial charge in [0.15, 0.2) is 0 Å². The van der Waals surface area contributed by atoms with Gasteiger partial charge in [-0.25, -0.2) is 0 Å². The number of hydrogen-bond donors (Lipinski definition) is 1. The van der Waals surface area contributed by atoms with E-state index in [0.717, 1.165) is 12.8 Å². The van der Waals surface area contributed by atoms with Gasteiger partial charge in [-0.15, -0.1) is 0 Å². The van der Waals surface area contributed by atoms with E-state index in [1.165, 1.54) is 0 Å². The van der Waals surface area contributed by atoms with Crippen molar-refractivity contribution in [3.05, 3.63) is 35.9 Å². The summed E-state index contributed by atoms with van der Waals surface area (Å²) < 4.78 is 0. The third-order valence-electron chi connectivity index (χ3n) is 5.91. The van der Waals surface area contributed by atoms with Crippen LogP contribution in [-0.2, 0) is 9.59 Å². The number of primary amides is 1. The molecule has 3 saturated heterocycles. The second kappa shape index (κ2) is 5.86. The molecule has 4 fully saturated rings. The number of piperidine rings is 1. The summed E-state index contributed by atoms with van der Waals surface area (Å²) in [6.45, 7) is 1.82. The van der Waals surface area contributed by atoms with E-state index in [1.807, 2.05) is 40.1 Å². The molecule has 2 N–H and O–H groups in total. The minimum absolute atomic E-state index is 0.0165. The maximum absolute atomic E-state index is 12.9. The molecule has 0 radical (unpaired) electrons.